The number of methoxy groups -OCH3 is 1. The SMILES string of the molecule is COC1(C(=O)c2cccs2)CCOCC1. The Morgan fingerprint density at radius 1 is 1.53 bits per heavy atom. The predicted molar refractivity (Wildman–Crippen MR) is 58.4 cm³/mol. The highest BCUT2D eigenvalue weighted by atomic mass is 32.1. The van der Waals surface area contributed by atoms with Crippen LogP contribution in [0, 0.1) is 0 Å². The predicted octanol–water partition coefficient (Wildman–Crippen LogP) is 2.13. The highest BCUT2D eigenvalue weighted by Gasteiger charge is 2.40. The number of thiophene rings is 1. The van der Waals surface area contributed by atoms with E-state index in [0.717, 1.165) is 4.88 Å². The van der Waals surface area contributed by atoms with E-state index in [1.807, 2.05) is 17.5 Å². The summed E-state index contributed by atoms with van der Waals surface area (Å²) in [4.78, 5) is 13.0. The van der Waals surface area contributed by atoms with Crippen molar-refractivity contribution in [1.82, 2.24) is 0 Å². The van der Waals surface area contributed by atoms with E-state index in [2.05, 4.69) is 0 Å². The number of ether oxygens (including phenoxy) is 2. The zero-order valence-electron chi connectivity index (χ0n) is 8.69. The van der Waals surface area contributed by atoms with Crippen molar-refractivity contribution in [2.75, 3.05) is 20.3 Å². The lowest BCUT2D eigenvalue weighted by Crippen LogP contribution is -2.45. The van der Waals surface area contributed by atoms with Gasteiger partial charge in [0, 0.05) is 33.2 Å². The van der Waals surface area contributed by atoms with Gasteiger partial charge in [-0.25, -0.2) is 0 Å². The van der Waals surface area contributed by atoms with Gasteiger partial charge in [-0.1, -0.05) is 6.07 Å². The molecule has 1 saturated heterocycles. The van der Waals surface area contributed by atoms with Crippen molar-refractivity contribution in [2.45, 2.75) is 18.4 Å². The minimum atomic E-state index is -0.650. The fraction of sp³-hybridized carbons (Fsp3) is 0.545. The molecule has 0 unspecified atom stereocenters. The molecular weight excluding hydrogens is 212 g/mol. The normalized spacial score (nSPS) is 20.1. The highest BCUT2D eigenvalue weighted by Crippen LogP contribution is 2.30. The molecule has 0 aromatic carbocycles. The minimum absolute atomic E-state index is 0.100. The second kappa shape index (κ2) is 4.43. The zero-order chi connectivity index (χ0) is 10.7. The maximum absolute atomic E-state index is 12.2. The summed E-state index contributed by atoms with van der Waals surface area (Å²) in [6, 6.07) is 3.74. The quantitative estimate of drug-likeness (QED) is 0.741. The number of rotatable bonds is 3. The summed E-state index contributed by atoms with van der Waals surface area (Å²) >= 11 is 1.47. The summed E-state index contributed by atoms with van der Waals surface area (Å²) < 4.78 is 10.7. The number of hydrogen-bond acceptors (Lipinski definition) is 4. The molecule has 1 aromatic rings. The Morgan fingerprint density at radius 3 is 2.80 bits per heavy atom. The van der Waals surface area contributed by atoms with Crippen LogP contribution in [0.25, 0.3) is 0 Å². The second-order valence-corrected chi connectivity index (χ2v) is 4.56. The lowest BCUT2D eigenvalue weighted by Gasteiger charge is -2.33. The second-order valence-electron chi connectivity index (χ2n) is 3.62. The number of ketones is 1. The summed E-state index contributed by atoms with van der Waals surface area (Å²) in [5, 5.41) is 1.91. The van der Waals surface area contributed by atoms with Crippen LogP contribution in [0.3, 0.4) is 0 Å². The Bertz CT molecular complexity index is 326. The molecule has 1 fully saturated rings. The van der Waals surface area contributed by atoms with Crippen molar-refractivity contribution in [3.8, 4) is 0 Å². The molecule has 1 aliphatic rings. The van der Waals surface area contributed by atoms with Gasteiger partial charge in [-0.2, -0.15) is 0 Å². The molecule has 0 atom stereocenters. The molecule has 0 amide bonds. The first-order valence-corrected chi connectivity index (χ1v) is 5.88. The summed E-state index contributed by atoms with van der Waals surface area (Å²) in [7, 11) is 1.61. The molecule has 1 aromatic heterocycles. The van der Waals surface area contributed by atoms with E-state index >= 15 is 0 Å². The Labute approximate surface area is 93.0 Å². The molecule has 15 heavy (non-hydrogen) atoms. The van der Waals surface area contributed by atoms with Gasteiger partial charge >= 0.3 is 0 Å². The molecule has 0 bridgehead atoms. The molecule has 0 spiro atoms. The maximum Gasteiger partial charge on any atom is 0.204 e. The average Bonchev–Trinajstić information content (AvgIpc) is 2.82. The summed E-state index contributed by atoms with van der Waals surface area (Å²) in [6.07, 6.45) is 1.31. The number of hydrogen-bond donors (Lipinski definition) is 0. The van der Waals surface area contributed by atoms with Crippen LogP contribution in [0.2, 0.25) is 0 Å². The Morgan fingerprint density at radius 2 is 2.27 bits per heavy atom. The van der Waals surface area contributed by atoms with E-state index in [1.165, 1.54) is 11.3 Å². The first-order chi connectivity index (χ1) is 7.28. The van der Waals surface area contributed by atoms with E-state index in [-0.39, 0.29) is 5.78 Å². The standard InChI is InChI=1S/C11H14O3S/c1-13-11(4-6-14-7-5-11)10(12)9-3-2-8-15-9/h2-3,8H,4-7H2,1H3. The van der Waals surface area contributed by atoms with Crippen LogP contribution < -0.4 is 0 Å². The van der Waals surface area contributed by atoms with Crippen molar-refractivity contribution in [3.63, 3.8) is 0 Å². The Hall–Kier alpha value is -0.710. The van der Waals surface area contributed by atoms with Gasteiger partial charge in [0.25, 0.3) is 0 Å². The lowest BCUT2D eigenvalue weighted by molar-refractivity contribution is -0.0661. The van der Waals surface area contributed by atoms with E-state index in [0.29, 0.717) is 26.1 Å². The third kappa shape index (κ3) is 1.97. The highest BCUT2D eigenvalue weighted by molar-refractivity contribution is 7.12. The molecule has 0 aliphatic carbocycles. The summed E-state index contributed by atoms with van der Waals surface area (Å²) in [6.45, 7) is 1.20. The number of Topliss-reactive ketones (excluding diaryl/α,β-unsaturated/α-hetero) is 1. The van der Waals surface area contributed by atoms with Crippen LogP contribution in [0.15, 0.2) is 17.5 Å². The zero-order valence-corrected chi connectivity index (χ0v) is 9.51. The third-order valence-electron chi connectivity index (χ3n) is 2.85. The molecule has 2 rings (SSSR count). The minimum Gasteiger partial charge on any atom is -0.381 e. The van der Waals surface area contributed by atoms with Gasteiger partial charge in [-0.3, -0.25) is 4.79 Å². The lowest BCUT2D eigenvalue weighted by atomic mass is 9.88. The van der Waals surface area contributed by atoms with Gasteiger partial charge in [0.05, 0.1) is 4.88 Å². The van der Waals surface area contributed by atoms with Gasteiger partial charge in [0.15, 0.2) is 0 Å². The smallest absolute Gasteiger partial charge is 0.204 e. The van der Waals surface area contributed by atoms with E-state index < -0.39 is 5.60 Å². The van der Waals surface area contributed by atoms with Crippen molar-refractivity contribution in [1.29, 1.82) is 0 Å². The van der Waals surface area contributed by atoms with E-state index in [9.17, 15) is 4.79 Å². The van der Waals surface area contributed by atoms with Crippen LogP contribution in [0.5, 0.6) is 0 Å². The molecule has 3 nitrogen and oxygen atoms in total. The Balaban J connectivity index is 2.22. The average molecular weight is 226 g/mol. The third-order valence-corrected chi connectivity index (χ3v) is 3.72. The van der Waals surface area contributed by atoms with E-state index in [4.69, 9.17) is 9.47 Å². The van der Waals surface area contributed by atoms with Gasteiger partial charge in [-0.15, -0.1) is 11.3 Å². The summed E-state index contributed by atoms with van der Waals surface area (Å²) in [5.74, 6) is 0.100. The number of carbonyl (C=O) groups is 1. The molecule has 4 heteroatoms. The van der Waals surface area contributed by atoms with E-state index in [1.54, 1.807) is 7.11 Å². The van der Waals surface area contributed by atoms with Gasteiger partial charge in [0.1, 0.15) is 5.60 Å². The summed E-state index contributed by atoms with van der Waals surface area (Å²) in [5.41, 5.74) is -0.650. The number of carbonyl (C=O) groups excluding carboxylic acids is 1. The maximum atomic E-state index is 12.2. The molecule has 0 radical (unpaired) electrons. The van der Waals surface area contributed by atoms with Gasteiger partial charge in [-0.05, 0) is 11.4 Å². The van der Waals surface area contributed by atoms with Crippen LogP contribution in [0.1, 0.15) is 22.5 Å². The first-order valence-electron chi connectivity index (χ1n) is 5.00. The largest absolute Gasteiger partial charge is 0.381 e. The van der Waals surface area contributed by atoms with Gasteiger partial charge < -0.3 is 9.47 Å². The molecule has 0 N–H and O–H groups in total. The monoisotopic (exact) mass is 226 g/mol. The van der Waals surface area contributed by atoms with Crippen molar-refractivity contribution < 1.29 is 14.3 Å². The fourth-order valence-corrected chi connectivity index (χ4v) is 2.61. The fourth-order valence-electron chi connectivity index (χ4n) is 1.86. The molecule has 2 heterocycles. The topological polar surface area (TPSA) is 35.5 Å². The Kier molecular flexibility index (Phi) is 3.19. The van der Waals surface area contributed by atoms with Crippen LogP contribution in [-0.2, 0) is 9.47 Å². The van der Waals surface area contributed by atoms with Crippen LogP contribution >= 0.6 is 11.3 Å². The molecule has 82 valence electrons. The van der Waals surface area contributed by atoms with Gasteiger partial charge in [0.2, 0.25) is 5.78 Å². The molecule has 1 aliphatic heterocycles. The molecule has 0 saturated carbocycles. The van der Waals surface area contributed by atoms with Crippen molar-refractivity contribution in [3.05, 3.63) is 22.4 Å². The van der Waals surface area contributed by atoms with Crippen molar-refractivity contribution >= 4 is 17.1 Å². The molecular formula is C11H14O3S. The first kappa shape index (κ1) is 10.8. The van der Waals surface area contributed by atoms with Crippen LogP contribution in [0.4, 0.5) is 0 Å². The van der Waals surface area contributed by atoms with Crippen molar-refractivity contribution in [2.24, 2.45) is 0 Å². The van der Waals surface area contributed by atoms with Crippen LogP contribution in [-0.4, -0.2) is 31.7 Å².